The SMILES string of the molecule is CCOC(=O)c1ccc(N2CCN(C(=O)C3CCN(c4ncccn4)CC3)CC2)nc1. The number of piperazine rings is 1. The second-order valence-electron chi connectivity index (χ2n) is 7.75. The summed E-state index contributed by atoms with van der Waals surface area (Å²) >= 11 is 0. The van der Waals surface area contributed by atoms with Gasteiger partial charge < -0.3 is 19.4 Å². The van der Waals surface area contributed by atoms with E-state index in [1.54, 1.807) is 31.6 Å². The Balaban J connectivity index is 1.26. The topological polar surface area (TPSA) is 91.8 Å². The van der Waals surface area contributed by atoms with Gasteiger partial charge in [-0.25, -0.2) is 19.7 Å². The predicted molar refractivity (Wildman–Crippen MR) is 116 cm³/mol. The van der Waals surface area contributed by atoms with Crippen LogP contribution in [0.4, 0.5) is 11.8 Å². The molecule has 2 saturated heterocycles. The van der Waals surface area contributed by atoms with Crippen molar-refractivity contribution in [1.29, 1.82) is 0 Å². The number of esters is 1. The van der Waals surface area contributed by atoms with E-state index in [9.17, 15) is 9.59 Å². The van der Waals surface area contributed by atoms with E-state index < -0.39 is 0 Å². The third kappa shape index (κ3) is 4.92. The largest absolute Gasteiger partial charge is 0.462 e. The van der Waals surface area contributed by atoms with E-state index in [4.69, 9.17) is 4.74 Å². The molecule has 9 nitrogen and oxygen atoms in total. The van der Waals surface area contributed by atoms with Crippen molar-refractivity contribution in [3.05, 3.63) is 42.4 Å². The first-order valence-electron chi connectivity index (χ1n) is 10.8. The van der Waals surface area contributed by atoms with Gasteiger partial charge in [0.15, 0.2) is 0 Å². The first-order valence-corrected chi connectivity index (χ1v) is 10.8. The molecule has 31 heavy (non-hydrogen) atoms. The van der Waals surface area contributed by atoms with Gasteiger partial charge in [-0.2, -0.15) is 0 Å². The zero-order valence-corrected chi connectivity index (χ0v) is 17.8. The highest BCUT2D eigenvalue weighted by atomic mass is 16.5. The van der Waals surface area contributed by atoms with E-state index in [1.807, 2.05) is 17.0 Å². The van der Waals surface area contributed by atoms with E-state index in [1.165, 1.54) is 0 Å². The molecule has 0 bridgehead atoms. The number of anilines is 2. The van der Waals surface area contributed by atoms with E-state index in [0.29, 0.717) is 25.3 Å². The number of aromatic nitrogens is 3. The highest BCUT2D eigenvalue weighted by Crippen LogP contribution is 2.23. The third-order valence-electron chi connectivity index (χ3n) is 5.85. The van der Waals surface area contributed by atoms with Crippen molar-refractivity contribution in [1.82, 2.24) is 19.9 Å². The summed E-state index contributed by atoms with van der Waals surface area (Å²) in [5.74, 6) is 1.51. The number of pyridine rings is 1. The minimum absolute atomic E-state index is 0.0634. The zero-order chi connectivity index (χ0) is 21.6. The molecule has 2 aliphatic rings. The van der Waals surface area contributed by atoms with Crippen molar-refractivity contribution >= 4 is 23.6 Å². The fourth-order valence-electron chi connectivity index (χ4n) is 4.10. The summed E-state index contributed by atoms with van der Waals surface area (Å²) in [6.45, 7) is 6.55. The molecule has 9 heteroatoms. The highest BCUT2D eigenvalue weighted by molar-refractivity contribution is 5.89. The predicted octanol–water partition coefficient (Wildman–Crippen LogP) is 1.61. The van der Waals surface area contributed by atoms with Gasteiger partial charge in [0.1, 0.15) is 5.82 Å². The Kier molecular flexibility index (Phi) is 6.59. The summed E-state index contributed by atoms with van der Waals surface area (Å²) in [6.07, 6.45) is 6.70. The molecule has 0 radical (unpaired) electrons. The number of carbonyl (C=O) groups excluding carboxylic acids is 2. The van der Waals surface area contributed by atoms with Gasteiger partial charge in [0.05, 0.1) is 12.2 Å². The molecule has 0 aromatic carbocycles. The quantitative estimate of drug-likeness (QED) is 0.669. The van der Waals surface area contributed by atoms with Gasteiger partial charge in [-0.3, -0.25) is 4.79 Å². The summed E-state index contributed by atoms with van der Waals surface area (Å²) in [7, 11) is 0. The minimum atomic E-state index is -0.359. The molecular weight excluding hydrogens is 396 g/mol. The van der Waals surface area contributed by atoms with Gasteiger partial charge >= 0.3 is 5.97 Å². The summed E-state index contributed by atoms with van der Waals surface area (Å²) in [6, 6.07) is 5.39. The normalized spacial score (nSPS) is 17.5. The van der Waals surface area contributed by atoms with Crippen LogP contribution in [-0.4, -0.2) is 77.6 Å². The van der Waals surface area contributed by atoms with Crippen LogP contribution in [-0.2, 0) is 9.53 Å². The van der Waals surface area contributed by atoms with E-state index in [-0.39, 0.29) is 17.8 Å². The van der Waals surface area contributed by atoms with Crippen molar-refractivity contribution in [2.75, 3.05) is 55.7 Å². The first-order chi connectivity index (χ1) is 15.2. The average Bonchev–Trinajstić information content (AvgIpc) is 2.85. The van der Waals surface area contributed by atoms with E-state index in [0.717, 1.165) is 50.8 Å². The molecule has 0 unspecified atom stereocenters. The summed E-state index contributed by atoms with van der Waals surface area (Å²) < 4.78 is 5.00. The van der Waals surface area contributed by atoms with Crippen LogP contribution < -0.4 is 9.80 Å². The van der Waals surface area contributed by atoms with Crippen molar-refractivity contribution in [2.45, 2.75) is 19.8 Å². The molecule has 2 aromatic rings. The monoisotopic (exact) mass is 424 g/mol. The molecule has 2 fully saturated rings. The second-order valence-corrected chi connectivity index (χ2v) is 7.75. The lowest BCUT2D eigenvalue weighted by atomic mass is 9.95. The third-order valence-corrected chi connectivity index (χ3v) is 5.85. The lowest BCUT2D eigenvalue weighted by Gasteiger charge is -2.39. The maximum Gasteiger partial charge on any atom is 0.339 e. The van der Waals surface area contributed by atoms with Crippen LogP contribution in [0.25, 0.3) is 0 Å². The fourth-order valence-corrected chi connectivity index (χ4v) is 4.10. The second kappa shape index (κ2) is 9.72. The van der Waals surface area contributed by atoms with Crippen LogP contribution in [0.5, 0.6) is 0 Å². The number of piperidine rings is 1. The highest BCUT2D eigenvalue weighted by Gasteiger charge is 2.31. The number of amides is 1. The lowest BCUT2D eigenvalue weighted by Crippen LogP contribution is -2.52. The van der Waals surface area contributed by atoms with Crippen LogP contribution in [0.15, 0.2) is 36.8 Å². The summed E-state index contributed by atoms with van der Waals surface area (Å²) in [5.41, 5.74) is 0.451. The minimum Gasteiger partial charge on any atom is -0.462 e. The standard InChI is InChI=1S/C22H28N6O3/c1-2-31-21(30)18-4-5-19(25-16-18)26-12-14-27(15-13-26)20(29)17-6-10-28(11-7-17)22-23-8-3-9-24-22/h3-5,8-9,16-17H,2,6-7,10-15H2,1H3. The molecule has 4 heterocycles. The molecule has 0 saturated carbocycles. The molecule has 0 N–H and O–H groups in total. The molecule has 1 amide bonds. The Morgan fingerprint density at radius 1 is 0.968 bits per heavy atom. The zero-order valence-electron chi connectivity index (χ0n) is 17.8. The lowest BCUT2D eigenvalue weighted by molar-refractivity contribution is -0.136. The first kappa shape index (κ1) is 21.0. The van der Waals surface area contributed by atoms with Crippen LogP contribution >= 0.6 is 0 Å². The average molecular weight is 425 g/mol. The maximum atomic E-state index is 13.0. The molecule has 0 atom stereocenters. The Labute approximate surface area is 182 Å². The van der Waals surface area contributed by atoms with Crippen molar-refractivity contribution < 1.29 is 14.3 Å². The Morgan fingerprint density at radius 2 is 1.68 bits per heavy atom. The number of hydrogen-bond donors (Lipinski definition) is 0. The van der Waals surface area contributed by atoms with Gasteiger partial charge in [-0.05, 0) is 38.0 Å². The van der Waals surface area contributed by atoms with E-state index in [2.05, 4.69) is 24.8 Å². The smallest absolute Gasteiger partial charge is 0.339 e. The van der Waals surface area contributed by atoms with E-state index >= 15 is 0 Å². The van der Waals surface area contributed by atoms with Gasteiger partial charge in [-0.15, -0.1) is 0 Å². The Hall–Kier alpha value is -3.23. The Morgan fingerprint density at radius 3 is 2.29 bits per heavy atom. The molecule has 0 aliphatic carbocycles. The molecule has 2 aromatic heterocycles. The number of hydrogen-bond acceptors (Lipinski definition) is 8. The van der Waals surface area contributed by atoms with Gasteiger partial charge in [0, 0.05) is 63.8 Å². The molecular formula is C22H28N6O3. The summed E-state index contributed by atoms with van der Waals surface area (Å²) in [5, 5.41) is 0. The number of ether oxygens (including phenoxy) is 1. The molecule has 0 spiro atoms. The van der Waals surface area contributed by atoms with Crippen LogP contribution in [0, 0.1) is 5.92 Å². The fraction of sp³-hybridized carbons (Fsp3) is 0.500. The number of rotatable bonds is 5. The van der Waals surface area contributed by atoms with Gasteiger partial charge in [0.25, 0.3) is 0 Å². The summed E-state index contributed by atoms with van der Waals surface area (Å²) in [4.78, 5) is 44.1. The van der Waals surface area contributed by atoms with Crippen LogP contribution in [0.3, 0.4) is 0 Å². The van der Waals surface area contributed by atoms with Crippen molar-refractivity contribution in [3.8, 4) is 0 Å². The van der Waals surface area contributed by atoms with Crippen molar-refractivity contribution in [2.24, 2.45) is 5.92 Å². The maximum absolute atomic E-state index is 13.0. The Bertz CT molecular complexity index is 876. The van der Waals surface area contributed by atoms with Crippen LogP contribution in [0.1, 0.15) is 30.1 Å². The molecule has 4 rings (SSSR count). The van der Waals surface area contributed by atoms with Crippen LogP contribution in [0.2, 0.25) is 0 Å². The molecule has 2 aliphatic heterocycles. The number of nitrogens with zero attached hydrogens (tertiary/aromatic N) is 6. The van der Waals surface area contributed by atoms with Gasteiger partial charge in [-0.1, -0.05) is 0 Å². The number of carbonyl (C=O) groups is 2. The molecule has 164 valence electrons. The van der Waals surface area contributed by atoms with Gasteiger partial charge in [0.2, 0.25) is 11.9 Å². The van der Waals surface area contributed by atoms with Crippen molar-refractivity contribution in [3.63, 3.8) is 0 Å².